The molecule has 0 saturated carbocycles. The summed E-state index contributed by atoms with van der Waals surface area (Å²) in [4.78, 5) is 11.6. The molecule has 2 rings (SSSR count). The predicted molar refractivity (Wildman–Crippen MR) is 54.3 cm³/mol. The Hall–Kier alpha value is -1.62. The third-order valence-corrected chi connectivity index (χ3v) is 2.40. The first kappa shape index (κ1) is 9.92. The summed E-state index contributed by atoms with van der Waals surface area (Å²) in [6.45, 7) is 0. The van der Waals surface area contributed by atoms with Crippen molar-refractivity contribution in [3.8, 4) is 0 Å². The van der Waals surface area contributed by atoms with Gasteiger partial charge in [0.25, 0.3) is 0 Å². The first-order chi connectivity index (χ1) is 7.25. The van der Waals surface area contributed by atoms with Gasteiger partial charge in [-0.25, -0.2) is 4.39 Å². The number of hydrogen-bond donors (Lipinski definition) is 0. The van der Waals surface area contributed by atoms with Crippen LogP contribution in [0.25, 0.3) is 0 Å². The molecule has 5 heteroatoms. The number of aromatic nitrogens is 2. The Balaban J connectivity index is 2.13. The molecule has 0 bridgehead atoms. The van der Waals surface area contributed by atoms with Crippen LogP contribution in [0, 0.1) is 5.82 Å². The lowest BCUT2D eigenvalue weighted by Crippen LogP contribution is -2.04. The minimum atomic E-state index is -0.336. The molecule has 2 aromatic rings. The lowest BCUT2D eigenvalue weighted by atomic mass is 10.1. The van der Waals surface area contributed by atoms with Crippen LogP contribution in [-0.4, -0.2) is 15.4 Å². The highest BCUT2D eigenvalue weighted by atomic mass is 32.1. The molecular weight excluding hydrogens is 215 g/mol. The van der Waals surface area contributed by atoms with Gasteiger partial charge in [-0.3, -0.25) is 4.79 Å². The quantitative estimate of drug-likeness (QED) is 0.747. The fraction of sp³-hybridized carbons (Fsp3) is 0.100. The molecule has 0 aliphatic rings. The molecule has 15 heavy (non-hydrogen) atoms. The highest BCUT2D eigenvalue weighted by molar-refractivity contribution is 7.03. The van der Waals surface area contributed by atoms with Gasteiger partial charge >= 0.3 is 0 Å². The van der Waals surface area contributed by atoms with E-state index in [2.05, 4.69) is 9.59 Å². The lowest BCUT2D eigenvalue weighted by molar-refractivity contribution is 0.0988. The molecule has 0 amide bonds. The molecule has 0 atom stereocenters. The monoisotopic (exact) mass is 222 g/mol. The number of carbonyl (C=O) groups is 1. The Morgan fingerprint density at radius 2 is 2.33 bits per heavy atom. The molecular formula is C10H7FN2OS. The Morgan fingerprint density at radius 3 is 3.00 bits per heavy atom. The van der Waals surface area contributed by atoms with Crippen molar-refractivity contribution in [2.75, 3.05) is 0 Å². The van der Waals surface area contributed by atoms with Gasteiger partial charge in [0.2, 0.25) is 0 Å². The molecule has 76 valence electrons. The summed E-state index contributed by atoms with van der Waals surface area (Å²) < 4.78 is 16.4. The second-order valence-electron chi connectivity index (χ2n) is 3.02. The van der Waals surface area contributed by atoms with E-state index in [4.69, 9.17) is 0 Å². The Bertz CT molecular complexity index is 470. The van der Waals surface area contributed by atoms with Gasteiger partial charge in [0.15, 0.2) is 5.78 Å². The van der Waals surface area contributed by atoms with Gasteiger partial charge in [-0.15, -0.1) is 5.10 Å². The predicted octanol–water partition coefficient (Wildman–Crippen LogP) is 2.10. The number of halogens is 1. The van der Waals surface area contributed by atoms with E-state index in [-0.39, 0.29) is 18.0 Å². The van der Waals surface area contributed by atoms with E-state index in [1.807, 2.05) is 0 Å². The van der Waals surface area contributed by atoms with E-state index in [1.54, 1.807) is 17.5 Å². The van der Waals surface area contributed by atoms with Crippen LogP contribution in [0.2, 0.25) is 0 Å². The summed E-state index contributed by atoms with van der Waals surface area (Å²) in [5, 5.41) is 5.24. The largest absolute Gasteiger partial charge is 0.292 e. The smallest absolute Gasteiger partial charge is 0.188 e. The molecule has 3 nitrogen and oxygen atoms in total. The second-order valence-corrected chi connectivity index (χ2v) is 3.63. The molecule has 0 fully saturated rings. The van der Waals surface area contributed by atoms with Gasteiger partial charge in [0, 0.05) is 11.8 Å². The fourth-order valence-electron chi connectivity index (χ4n) is 1.21. The van der Waals surface area contributed by atoms with Crippen LogP contribution in [-0.2, 0) is 6.42 Å². The van der Waals surface area contributed by atoms with Gasteiger partial charge in [0.1, 0.15) is 11.5 Å². The molecule has 0 aliphatic carbocycles. The minimum absolute atomic E-state index is 0.144. The van der Waals surface area contributed by atoms with Gasteiger partial charge in [-0.1, -0.05) is 16.6 Å². The number of benzene rings is 1. The summed E-state index contributed by atoms with van der Waals surface area (Å²) >= 11 is 1.13. The summed E-state index contributed by atoms with van der Waals surface area (Å²) in [6, 6.07) is 5.98. The van der Waals surface area contributed by atoms with Crippen molar-refractivity contribution in [3.05, 3.63) is 46.7 Å². The molecule has 1 heterocycles. The maximum Gasteiger partial charge on any atom is 0.188 e. The van der Waals surface area contributed by atoms with E-state index >= 15 is 0 Å². The van der Waals surface area contributed by atoms with Crippen LogP contribution >= 0.6 is 11.5 Å². The number of hydrogen-bond acceptors (Lipinski definition) is 4. The highest BCUT2D eigenvalue weighted by Gasteiger charge is 2.09. The van der Waals surface area contributed by atoms with Crippen molar-refractivity contribution < 1.29 is 9.18 Å². The normalized spacial score (nSPS) is 10.2. The minimum Gasteiger partial charge on any atom is -0.292 e. The average Bonchev–Trinajstić information content (AvgIpc) is 2.70. The molecule has 0 spiro atoms. The zero-order valence-corrected chi connectivity index (χ0v) is 8.50. The van der Waals surface area contributed by atoms with Crippen molar-refractivity contribution in [2.45, 2.75) is 6.42 Å². The zero-order valence-electron chi connectivity index (χ0n) is 7.68. The van der Waals surface area contributed by atoms with Crippen LogP contribution < -0.4 is 0 Å². The van der Waals surface area contributed by atoms with Gasteiger partial charge in [-0.2, -0.15) is 0 Å². The maximum atomic E-state index is 12.8. The summed E-state index contributed by atoms with van der Waals surface area (Å²) in [5.41, 5.74) is 0.984. The summed E-state index contributed by atoms with van der Waals surface area (Å²) in [5.74, 6) is -0.481. The van der Waals surface area contributed by atoms with Crippen molar-refractivity contribution >= 4 is 17.3 Å². The number of rotatable bonds is 3. The molecule has 0 saturated heterocycles. The van der Waals surface area contributed by atoms with Crippen LogP contribution in [0.5, 0.6) is 0 Å². The van der Waals surface area contributed by atoms with Crippen molar-refractivity contribution in [1.82, 2.24) is 9.59 Å². The molecule has 1 aromatic heterocycles. The maximum absolute atomic E-state index is 12.8. The van der Waals surface area contributed by atoms with E-state index in [0.717, 1.165) is 11.5 Å². The van der Waals surface area contributed by atoms with Crippen molar-refractivity contribution in [1.29, 1.82) is 0 Å². The topological polar surface area (TPSA) is 42.9 Å². The van der Waals surface area contributed by atoms with Crippen LogP contribution in [0.3, 0.4) is 0 Å². The number of carbonyl (C=O) groups excluding carboxylic acids is 1. The third kappa shape index (κ3) is 2.44. The SMILES string of the molecule is O=C(Cc1cccc(F)c1)c1csnn1. The first-order valence-corrected chi connectivity index (χ1v) is 5.14. The third-order valence-electron chi connectivity index (χ3n) is 1.90. The number of Topliss-reactive ketones (excluding diaryl/α,β-unsaturated/α-hetero) is 1. The summed E-state index contributed by atoms with van der Waals surface area (Å²) in [6.07, 6.45) is 0.156. The van der Waals surface area contributed by atoms with Gasteiger partial charge in [-0.05, 0) is 29.2 Å². The zero-order chi connectivity index (χ0) is 10.7. The first-order valence-electron chi connectivity index (χ1n) is 4.30. The molecule has 1 aromatic carbocycles. The molecule has 0 radical (unpaired) electrons. The van der Waals surface area contributed by atoms with E-state index < -0.39 is 0 Å². The van der Waals surface area contributed by atoms with Gasteiger partial charge in [0.05, 0.1) is 0 Å². The van der Waals surface area contributed by atoms with Crippen molar-refractivity contribution in [2.24, 2.45) is 0 Å². The van der Waals surface area contributed by atoms with Gasteiger partial charge < -0.3 is 0 Å². The van der Waals surface area contributed by atoms with Crippen LogP contribution in [0.1, 0.15) is 16.1 Å². The lowest BCUT2D eigenvalue weighted by Gasteiger charge is -1.97. The standard InChI is InChI=1S/C10H7FN2OS/c11-8-3-1-2-7(4-8)5-10(14)9-6-15-13-12-9/h1-4,6H,5H2. The fourth-order valence-corrected chi connectivity index (χ4v) is 1.67. The number of nitrogens with zero attached hydrogens (tertiary/aromatic N) is 2. The Kier molecular flexibility index (Phi) is 2.82. The molecule has 0 unspecified atom stereocenters. The average molecular weight is 222 g/mol. The Labute approximate surface area is 89.7 Å². The Morgan fingerprint density at radius 1 is 1.47 bits per heavy atom. The van der Waals surface area contributed by atoms with Crippen LogP contribution in [0.15, 0.2) is 29.6 Å². The summed E-state index contributed by atoms with van der Waals surface area (Å²) in [7, 11) is 0. The highest BCUT2D eigenvalue weighted by Crippen LogP contribution is 2.08. The second kappa shape index (κ2) is 4.27. The van der Waals surface area contributed by atoms with E-state index in [9.17, 15) is 9.18 Å². The van der Waals surface area contributed by atoms with Crippen molar-refractivity contribution in [3.63, 3.8) is 0 Å². The molecule has 0 N–H and O–H groups in total. The van der Waals surface area contributed by atoms with E-state index in [1.165, 1.54) is 12.1 Å². The van der Waals surface area contributed by atoms with E-state index in [0.29, 0.717) is 11.3 Å². The van der Waals surface area contributed by atoms with Crippen LogP contribution in [0.4, 0.5) is 4.39 Å². The number of ketones is 1. The molecule has 0 aliphatic heterocycles.